The molecule has 1 aromatic carbocycles. The molecule has 2 aliphatic rings. The van der Waals surface area contributed by atoms with Crippen molar-refractivity contribution in [1.82, 2.24) is 9.62 Å². The standard InChI is InChI=1S/C17H26N2O3S/c20-16-7-11-19(12-8-16)10-2-9-18-23(21,22)17-6-5-14-3-1-4-15(14)13-17/h5-6,13,16,18,20H,1-4,7-12H2. The first-order valence-corrected chi connectivity index (χ1v) is 10.0. The third-order valence-corrected chi connectivity index (χ3v) is 6.34. The van der Waals surface area contributed by atoms with Crippen molar-refractivity contribution < 1.29 is 13.5 Å². The number of nitrogens with one attached hydrogen (secondary N) is 1. The van der Waals surface area contributed by atoms with Gasteiger partial charge in [0.1, 0.15) is 0 Å². The maximum atomic E-state index is 12.4. The Labute approximate surface area is 138 Å². The minimum absolute atomic E-state index is 0.162. The lowest BCUT2D eigenvalue weighted by Gasteiger charge is -2.29. The molecule has 0 amide bonds. The molecule has 128 valence electrons. The second kappa shape index (κ2) is 7.30. The first-order valence-electron chi connectivity index (χ1n) is 8.56. The highest BCUT2D eigenvalue weighted by Crippen LogP contribution is 2.24. The van der Waals surface area contributed by atoms with Crippen molar-refractivity contribution in [3.8, 4) is 0 Å². The summed E-state index contributed by atoms with van der Waals surface area (Å²) in [4.78, 5) is 2.68. The predicted octanol–water partition coefficient (Wildman–Crippen LogP) is 1.30. The predicted molar refractivity (Wildman–Crippen MR) is 90.0 cm³/mol. The normalized spacial score (nSPS) is 19.9. The number of hydrogen-bond acceptors (Lipinski definition) is 4. The van der Waals surface area contributed by atoms with Crippen LogP contribution in [0.2, 0.25) is 0 Å². The molecular formula is C17H26N2O3S. The summed E-state index contributed by atoms with van der Waals surface area (Å²) in [6, 6.07) is 5.51. The molecule has 1 aliphatic carbocycles. The molecule has 0 radical (unpaired) electrons. The largest absolute Gasteiger partial charge is 0.393 e. The molecule has 0 saturated carbocycles. The van der Waals surface area contributed by atoms with Crippen molar-refractivity contribution in [3.05, 3.63) is 29.3 Å². The molecule has 23 heavy (non-hydrogen) atoms. The SMILES string of the molecule is O=S(=O)(NCCCN1CCC(O)CC1)c1ccc2c(c1)CCC2. The fourth-order valence-corrected chi connectivity index (χ4v) is 4.58. The molecule has 0 unspecified atom stereocenters. The summed E-state index contributed by atoms with van der Waals surface area (Å²) in [5.74, 6) is 0. The number of aryl methyl sites for hydroxylation is 2. The van der Waals surface area contributed by atoms with Crippen LogP contribution in [0.4, 0.5) is 0 Å². The van der Waals surface area contributed by atoms with Gasteiger partial charge < -0.3 is 10.0 Å². The fourth-order valence-electron chi connectivity index (χ4n) is 3.45. The van der Waals surface area contributed by atoms with Crippen molar-refractivity contribution in [2.24, 2.45) is 0 Å². The van der Waals surface area contributed by atoms with E-state index in [9.17, 15) is 13.5 Å². The van der Waals surface area contributed by atoms with Gasteiger partial charge in [-0.1, -0.05) is 6.07 Å². The molecule has 1 saturated heterocycles. The van der Waals surface area contributed by atoms with Crippen LogP contribution >= 0.6 is 0 Å². The van der Waals surface area contributed by atoms with Crippen molar-refractivity contribution in [2.75, 3.05) is 26.2 Å². The van der Waals surface area contributed by atoms with E-state index in [1.807, 2.05) is 12.1 Å². The second-order valence-electron chi connectivity index (χ2n) is 6.61. The fraction of sp³-hybridized carbons (Fsp3) is 0.647. The lowest BCUT2D eigenvalue weighted by atomic mass is 10.1. The Morgan fingerprint density at radius 1 is 1.17 bits per heavy atom. The molecule has 1 aromatic rings. The zero-order valence-electron chi connectivity index (χ0n) is 13.5. The van der Waals surface area contributed by atoms with Crippen molar-refractivity contribution in [2.45, 2.75) is 49.5 Å². The molecule has 1 aliphatic heterocycles. The maximum Gasteiger partial charge on any atom is 0.240 e. The van der Waals surface area contributed by atoms with Gasteiger partial charge in [0.25, 0.3) is 0 Å². The highest BCUT2D eigenvalue weighted by atomic mass is 32.2. The van der Waals surface area contributed by atoms with Crippen LogP contribution in [-0.4, -0.2) is 50.7 Å². The van der Waals surface area contributed by atoms with Gasteiger partial charge in [-0.15, -0.1) is 0 Å². The highest BCUT2D eigenvalue weighted by Gasteiger charge is 2.19. The van der Waals surface area contributed by atoms with Crippen LogP contribution in [0.5, 0.6) is 0 Å². The van der Waals surface area contributed by atoms with E-state index >= 15 is 0 Å². The van der Waals surface area contributed by atoms with Gasteiger partial charge >= 0.3 is 0 Å². The highest BCUT2D eigenvalue weighted by molar-refractivity contribution is 7.89. The Morgan fingerprint density at radius 3 is 2.70 bits per heavy atom. The van der Waals surface area contributed by atoms with Gasteiger partial charge in [-0.3, -0.25) is 0 Å². The number of aliphatic hydroxyl groups is 1. The van der Waals surface area contributed by atoms with Gasteiger partial charge in [-0.05, 0) is 68.3 Å². The van der Waals surface area contributed by atoms with Crippen molar-refractivity contribution in [3.63, 3.8) is 0 Å². The van der Waals surface area contributed by atoms with Gasteiger partial charge in [0.2, 0.25) is 10.0 Å². The average molecular weight is 338 g/mol. The summed E-state index contributed by atoms with van der Waals surface area (Å²) in [6.45, 7) is 3.13. The van der Waals surface area contributed by atoms with Gasteiger partial charge in [0.05, 0.1) is 11.0 Å². The van der Waals surface area contributed by atoms with Gasteiger partial charge in [-0.2, -0.15) is 0 Å². The van der Waals surface area contributed by atoms with Crippen molar-refractivity contribution >= 4 is 10.0 Å². The van der Waals surface area contributed by atoms with Crippen LogP contribution in [0.1, 0.15) is 36.8 Å². The minimum atomic E-state index is -3.40. The number of hydrogen-bond donors (Lipinski definition) is 2. The summed E-state index contributed by atoms with van der Waals surface area (Å²) in [5, 5.41) is 9.48. The molecule has 0 spiro atoms. The summed E-state index contributed by atoms with van der Waals surface area (Å²) >= 11 is 0. The van der Waals surface area contributed by atoms with Crippen LogP contribution in [-0.2, 0) is 22.9 Å². The molecular weight excluding hydrogens is 312 g/mol. The van der Waals surface area contributed by atoms with Gasteiger partial charge in [0.15, 0.2) is 0 Å². The smallest absolute Gasteiger partial charge is 0.240 e. The first-order chi connectivity index (χ1) is 11.0. The van der Waals surface area contributed by atoms with E-state index in [-0.39, 0.29) is 6.10 Å². The number of nitrogens with zero attached hydrogens (tertiary/aromatic N) is 1. The molecule has 0 atom stereocenters. The third kappa shape index (κ3) is 4.32. The molecule has 0 aromatic heterocycles. The quantitative estimate of drug-likeness (QED) is 0.767. The molecule has 1 fully saturated rings. The zero-order valence-corrected chi connectivity index (χ0v) is 14.3. The molecule has 0 bridgehead atoms. The lowest BCUT2D eigenvalue weighted by Crippen LogP contribution is -2.37. The van der Waals surface area contributed by atoms with Crippen molar-refractivity contribution in [1.29, 1.82) is 0 Å². The topological polar surface area (TPSA) is 69.6 Å². The average Bonchev–Trinajstić information content (AvgIpc) is 3.01. The summed E-state index contributed by atoms with van der Waals surface area (Å²) in [6.07, 6.45) is 5.44. The van der Waals surface area contributed by atoms with Gasteiger partial charge in [0, 0.05) is 19.6 Å². The van der Waals surface area contributed by atoms with E-state index in [0.717, 1.165) is 58.2 Å². The summed E-state index contributed by atoms with van der Waals surface area (Å²) < 4.78 is 27.4. The number of sulfonamides is 1. The lowest BCUT2D eigenvalue weighted by molar-refractivity contribution is 0.0823. The second-order valence-corrected chi connectivity index (χ2v) is 8.38. The number of aliphatic hydroxyl groups excluding tert-OH is 1. The van der Waals surface area contributed by atoms with E-state index in [4.69, 9.17) is 0 Å². The van der Waals surface area contributed by atoms with Crippen LogP contribution in [0.15, 0.2) is 23.1 Å². The molecule has 3 rings (SSSR count). The van der Waals surface area contributed by atoms with E-state index < -0.39 is 10.0 Å². The van der Waals surface area contributed by atoms with E-state index in [0.29, 0.717) is 11.4 Å². The summed E-state index contributed by atoms with van der Waals surface area (Å²) in [7, 11) is -3.40. The molecule has 5 nitrogen and oxygen atoms in total. The molecule has 2 N–H and O–H groups in total. The molecule has 6 heteroatoms. The number of benzene rings is 1. The first kappa shape index (κ1) is 16.9. The summed E-state index contributed by atoms with van der Waals surface area (Å²) in [5.41, 5.74) is 2.47. The monoisotopic (exact) mass is 338 g/mol. The van der Waals surface area contributed by atoms with Gasteiger partial charge in [-0.25, -0.2) is 13.1 Å². The van der Waals surface area contributed by atoms with Crippen LogP contribution < -0.4 is 4.72 Å². The Kier molecular flexibility index (Phi) is 5.36. The Balaban J connectivity index is 1.47. The number of piperidine rings is 1. The van der Waals surface area contributed by atoms with E-state index in [2.05, 4.69) is 9.62 Å². The van der Waals surface area contributed by atoms with Crippen LogP contribution in [0.3, 0.4) is 0 Å². The van der Waals surface area contributed by atoms with Crippen LogP contribution in [0, 0.1) is 0 Å². The number of likely N-dealkylation sites (tertiary alicyclic amines) is 1. The van der Waals surface area contributed by atoms with Crippen LogP contribution in [0.25, 0.3) is 0 Å². The Bertz CT molecular complexity index is 637. The maximum absolute atomic E-state index is 12.4. The Morgan fingerprint density at radius 2 is 1.91 bits per heavy atom. The Hall–Kier alpha value is -0.950. The van der Waals surface area contributed by atoms with E-state index in [1.54, 1.807) is 6.07 Å². The third-order valence-electron chi connectivity index (χ3n) is 4.88. The molecule has 1 heterocycles. The number of fused-ring (bicyclic) bond motifs is 1. The minimum Gasteiger partial charge on any atom is -0.393 e. The zero-order chi connectivity index (χ0) is 16.3. The van der Waals surface area contributed by atoms with E-state index in [1.165, 1.54) is 11.1 Å². The number of rotatable bonds is 6.